The van der Waals surface area contributed by atoms with E-state index in [1.807, 2.05) is 0 Å². The molecule has 0 aliphatic heterocycles. The van der Waals surface area contributed by atoms with Crippen LogP contribution in [0.15, 0.2) is 36.5 Å². The molecular formula is C55H107NO2. The molecule has 0 aliphatic rings. The number of carboxylic acids is 1. The first-order valence-electron chi connectivity index (χ1n) is 26.5. The fourth-order valence-corrected chi connectivity index (χ4v) is 7.80. The lowest BCUT2D eigenvalue weighted by Gasteiger charge is -2.11. The zero-order valence-corrected chi connectivity index (χ0v) is 40.1. The molecular weight excluding hydrogens is 707 g/mol. The maximum absolute atomic E-state index is 10.3. The van der Waals surface area contributed by atoms with Gasteiger partial charge in [0.05, 0.1) is 0 Å². The Labute approximate surface area is 366 Å². The maximum atomic E-state index is 10.3. The Morgan fingerprint density at radius 3 is 0.793 bits per heavy atom. The van der Waals surface area contributed by atoms with Crippen molar-refractivity contribution in [2.45, 2.75) is 309 Å². The van der Waals surface area contributed by atoms with Crippen molar-refractivity contribution in [3.05, 3.63) is 36.5 Å². The highest BCUT2D eigenvalue weighted by atomic mass is 16.4. The molecule has 0 heterocycles. The number of hydrogen-bond donors (Lipinski definition) is 2. The fourth-order valence-electron chi connectivity index (χ4n) is 7.80. The molecule has 3 heteroatoms. The van der Waals surface area contributed by atoms with Crippen molar-refractivity contribution < 1.29 is 9.90 Å². The van der Waals surface area contributed by atoms with Gasteiger partial charge in [0, 0.05) is 12.5 Å². The van der Waals surface area contributed by atoms with Crippen LogP contribution in [0.2, 0.25) is 0 Å². The summed E-state index contributed by atoms with van der Waals surface area (Å²) in [7, 11) is 0. The second-order valence-corrected chi connectivity index (χ2v) is 17.9. The van der Waals surface area contributed by atoms with E-state index in [-0.39, 0.29) is 0 Å². The van der Waals surface area contributed by atoms with Crippen LogP contribution in [-0.2, 0) is 4.79 Å². The molecule has 0 rings (SSSR count). The van der Waals surface area contributed by atoms with Gasteiger partial charge in [-0.1, -0.05) is 237 Å². The Morgan fingerprint density at radius 2 is 0.552 bits per heavy atom. The van der Waals surface area contributed by atoms with Crippen LogP contribution < -0.4 is 5.73 Å². The minimum absolute atomic E-state index is 0.332. The second kappa shape index (κ2) is 55.7. The summed E-state index contributed by atoms with van der Waals surface area (Å²) in [5.74, 6) is -0.664. The lowest BCUT2D eigenvalue weighted by Crippen LogP contribution is -2.19. The summed E-state index contributed by atoms with van der Waals surface area (Å²) >= 11 is 0. The van der Waals surface area contributed by atoms with Crippen LogP contribution in [0.3, 0.4) is 0 Å². The van der Waals surface area contributed by atoms with Gasteiger partial charge in [0.15, 0.2) is 0 Å². The molecule has 0 amide bonds. The van der Waals surface area contributed by atoms with Crippen molar-refractivity contribution in [3.8, 4) is 0 Å². The molecule has 0 fully saturated rings. The second-order valence-electron chi connectivity index (χ2n) is 17.9. The molecule has 0 saturated heterocycles. The summed E-state index contributed by atoms with van der Waals surface area (Å²) in [6.07, 6.45) is 72.2. The molecule has 0 saturated carbocycles. The van der Waals surface area contributed by atoms with Gasteiger partial charge in [-0.2, -0.15) is 0 Å². The van der Waals surface area contributed by atoms with E-state index >= 15 is 0 Å². The molecule has 3 nitrogen and oxygen atoms in total. The smallest absolute Gasteiger partial charge is 0.303 e. The largest absolute Gasteiger partial charge is 0.481 e. The minimum Gasteiger partial charge on any atom is -0.481 e. The summed E-state index contributed by atoms with van der Waals surface area (Å²) in [4.78, 5) is 10.3. The zero-order chi connectivity index (χ0) is 42.5. The number of carboxylic acid groups (broad SMARTS) is 1. The van der Waals surface area contributed by atoms with Gasteiger partial charge in [-0.15, -0.1) is 0 Å². The molecule has 0 bridgehead atoms. The van der Waals surface area contributed by atoms with E-state index < -0.39 is 5.97 Å². The van der Waals surface area contributed by atoms with Gasteiger partial charge in [-0.25, -0.2) is 0 Å². The molecule has 0 aromatic rings. The molecule has 3 N–H and O–H groups in total. The maximum Gasteiger partial charge on any atom is 0.303 e. The number of carbonyl (C=O) groups is 1. The van der Waals surface area contributed by atoms with Gasteiger partial charge in [-0.3, -0.25) is 4.79 Å². The molecule has 0 aromatic heterocycles. The number of rotatable bonds is 47. The monoisotopic (exact) mass is 814 g/mol. The van der Waals surface area contributed by atoms with Crippen molar-refractivity contribution in [2.24, 2.45) is 5.73 Å². The van der Waals surface area contributed by atoms with Crippen LogP contribution in [0.5, 0.6) is 0 Å². The summed E-state index contributed by atoms with van der Waals surface area (Å²) in [6, 6.07) is 0.448. The van der Waals surface area contributed by atoms with Crippen LogP contribution >= 0.6 is 0 Å². The Morgan fingerprint density at radius 1 is 0.345 bits per heavy atom. The van der Waals surface area contributed by atoms with E-state index in [4.69, 9.17) is 10.8 Å². The normalized spacial score (nSPS) is 11.8. The first-order valence-corrected chi connectivity index (χ1v) is 26.5. The topological polar surface area (TPSA) is 63.3 Å². The molecule has 0 unspecified atom stereocenters. The van der Waals surface area contributed by atoms with Crippen molar-refractivity contribution >= 4 is 5.97 Å². The number of aliphatic carboxylic acids is 1. The Bertz CT molecular complexity index is 790. The third-order valence-corrected chi connectivity index (χ3v) is 11.8. The summed E-state index contributed by atoms with van der Waals surface area (Å²) < 4.78 is 0. The molecule has 0 aliphatic carbocycles. The Balaban J connectivity index is 0. The number of nitrogens with two attached hydrogens (primary N) is 1. The van der Waals surface area contributed by atoms with Crippen molar-refractivity contribution in [1.82, 2.24) is 0 Å². The summed E-state index contributed by atoms with van der Waals surface area (Å²) in [6.45, 7) is 6.84. The highest BCUT2D eigenvalue weighted by Crippen LogP contribution is 2.15. The average molecular weight is 814 g/mol. The molecule has 0 radical (unpaired) electrons. The Hall–Kier alpha value is -1.35. The van der Waals surface area contributed by atoms with E-state index in [9.17, 15) is 4.79 Å². The van der Waals surface area contributed by atoms with Gasteiger partial charge < -0.3 is 10.8 Å². The van der Waals surface area contributed by atoms with Gasteiger partial charge in [0.1, 0.15) is 0 Å². The third-order valence-electron chi connectivity index (χ3n) is 11.8. The predicted molar refractivity (Wildman–Crippen MR) is 263 cm³/mol. The standard InChI is InChI=1S/C37H73N.C18H34O2/c1-3-5-7-9-11-13-15-17-19-21-23-25-27-29-31-33-35-37(38)36-34-32-30-28-26-24-22-20-18-16-14-12-10-8-6-4-2;1-2-3-4-5-6-7-8-9-10-11-12-13-14-15-16-17-18(19)20/h17-20,37H,3-16,21-36,38H2,1-2H3;9-10H,2-8,11-17H2,1H3,(H,19,20)/b19-17-,20-18-;10-9-. The van der Waals surface area contributed by atoms with Gasteiger partial charge in [-0.05, 0) is 96.3 Å². The zero-order valence-electron chi connectivity index (χ0n) is 40.1. The summed E-state index contributed by atoms with van der Waals surface area (Å²) in [5.41, 5.74) is 6.38. The highest BCUT2D eigenvalue weighted by Gasteiger charge is 2.03. The average Bonchev–Trinajstić information content (AvgIpc) is 3.22. The van der Waals surface area contributed by atoms with E-state index in [0.29, 0.717) is 12.5 Å². The fraction of sp³-hybridized carbons (Fsp3) is 0.873. The van der Waals surface area contributed by atoms with E-state index in [2.05, 4.69) is 57.2 Å². The first kappa shape index (κ1) is 58.7. The quantitative estimate of drug-likeness (QED) is 0.0475. The minimum atomic E-state index is -0.664. The first-order chi connectivity index (χ1) is 28.6. The highest BCUT2D eigenvalue weighted by molar-refractivity contribution is 5.66. The SMILES string of the molecule is CCCCCCCC/C=C\CCCCCCCC(=O)O.CCCCCCCC/C=C\CCCCCCCCC(N)CCCCCCCC/C=C\CCCCCCCC. The van der Waals surface area contributed by atoms with Gasteiger partial charge in [0.2, 0.25) is 0 Å². The number of allylic oxidation sites excluding steroid dienone is 6. The van der Waals surface area contributed by atoms with E-state index in [1.165, 1.54) is 263 Å². The molecule has 0 atom stereocenters. The van der Waals surface area contributed by atoms with Crippen molar-refractivity contribution in [3.63, 3.8) is 0 Å². The Kier molecular flexibility index (Phi) is 56.4. The van der Waals surface area contributed by atoms with Crippen LogP contribution in [0.1, 0.15) is 303 Å². The molecule has 0 aromatic carbocycles. The van der Waals surface area contributed by atoms with Crippen LogP contribution in [0, 0.1) is 0 Å². The van der Waals surface area contributed by atoms with Crippen molar-refractivity contribution in [1.29, 1.82) is 0 Å². The van der Waals surface area contributed by atoms with Crippen LogP contribution in [0.4, 0.5) is 0 Å². The summed E-state index contributed by atoms with van der Waals surface area (Å²) in [5, 5.41) is 8.51. The van der Waals surface area contributed by atoms with E-state index in [1.54, 1.807) is 0 Å². The van der Waals surface area contributed by atoms with Crippen molar-refractivity contribution in [2.75, 3.05) is 0 Å². The molecule has 0 spiro atoms. The van der Waals surface area contributed by atoms with Gasteiger partial charge >= 0.3 is 5.97 Å². The van der Waals surface area contributed by atoms with Crippen LogP contribution in [0.25, 0.3) is 0 Å². The lowest BCUT2D eigenvalue weighted by molar-refractivity contribution is -0.137. The third kappa shape index (κ3) is 59.0. The van der Waals surface area contributed by atoms with Gasteiger partial charge in [0.25, 0.3) is 0 Å². The van der Waals surface area contributed by atoms with E-state index in [0.717, 1.165) is 12.8 Å². The molecule has 58 heavy (non-hydrogen) atoms. The number of unbranched alkanes of at least 4 members (excludes halogenated alkanes) is 35. The predicted octanol–water partition coefficient (Wildman–Crippen LogP) is 19.3. The van der Waals surface area contributed by atoms with Crippen LogP contribution in [-0.4, -0.2) is 17.1 Å². The number of hydrogen-bond acceptors (Lipinski definition) is 2. The lowest BCUT2D eigenvalue weighted by atomic mass is 10.0. The molecule has 344 valence electrons.